The first-order valence-electron chi connectivity index (χ1n) is 32.8. The van der Waals surface area contributed by atoms with Gasteiger partial charge in [-0.1, -0.05) is 93.9 Å². The molecule has 0 fully saturated rings. The Hall–Kier alpha value is -7.43. The highest BCUT2D eigenvalue weighted by molar-refractivity contribution is 5.99. The Morgan fingerprint density at radius 1 is 0.500 bits per heavy atom. The highest BCUT2D eigenvalue weighted by Gasteiger charge is 2.38. The lowest BCUT2D eigenvalue weighted by Crippen LogP contribution is -2.62. The van der Waals surface area contributed by atoms with E-state index in [1.807, 2.05) is 85.9 Å². The first kappa shape index (κ1) is 80.7. The number of H-pyrrole nitrogens is 1. The van der Waals surface area contributed by atoms with Crippen molar-refractivity contribution in [3.63, 3.8) is 0 Å². The molecule has 28 nitrogen and oxygen atoms in total. The summed E-state index contributed by atoms with van der Waals surface area (Å²) >= 11 is 0. The Labute approximate surface area is 543 Å². The molecule has 0 saturated carbocycles. The second kappa shape index (κ2) is 42.7. The number of nitrogens with one attached hydrogen (secondary N) is 11. The molecule has 1 aromatic heterocycles. The number of aliphatic hydroxyl groups is 1. The average Bonchev–Trinajstić information content (AvgIpc) is 1.53. The van der Waals surface area contributed by atoms with Crippen molar-refractivity contribution in [2.75, 3.05) is 32.7 Å². The SMILES string of the molecule is CC[C@H](C)[C@H](NC(=O)[C@H](CCCN=C(N)N)NC(=O)[C@H](CCCCN)NC(=O)[C@H](CC(C)C)NC(=O)[C@H](CC(C)C)NC(=O)CNCCc1c[nH]c2ccccc12)C(=O)N[C@@H](CCCCN)C(=O)N[C@H](C(=O)N[C@@H](CC(C)C)C(=O)N[C@@H](CC(C)C)C(N)=O)[C@@H](C)O. The topological polar surface area (TPSA) is 469 Å². The Morgan fingerprint density at radius 2 is 0.902 bits per heavy atom. The molecular formula is C64H113N17O11. The molecule has 92 heavy (non-hydrogen) atoms. The van der Waals surface area contributed by atoms with Gasteiger partial charge in [-0.05, 0) is 151 Å². The normalized spacial score (nSPS) is 15.1. The van der Waals surface area contributed by atoms with Gasteiger partial charge in [-0.2, -0.15) is 0 Å². The van der Waals surface area contributed by atoms with E-state index in [4.69, 9.17) is 28.7 Å². The van der Waals surface area contributed by atoms with Crippen LogP contribution in [0.3, 0.4) is 0 Å². The lowest BCUT2D eigenvalue weighted by molar-refractivity contribution is -0.137. The van der Waals surface area contributed by atoms with Crippen LogP contribution in [0.25, 0.3) is 10.9 Å². The van der Waals surface area contributed by atoms with Crippen molar-refractivity contribution in [2.24, 2.45) is 63.3 Å². The maximum atomic E-state index is 14.7. The Kier molecular flexibility index (Phi) is 37.4. The highest BCUT2D eigenvalue weighted by Crippen LogP contribution is 2.19. The van der Waals surface area contributed by atoms with Gasteiger partial charge in [0.25, 0.3) is 0 Å². The standard InChI is InChI=1S/C64H113N17O11/c1-12-40(10)53(62(91)76-46(23-16-18-27-66)58(87)81-54(41(11)82)63(92)79-51(33-39(8)9)61(90)77-48(55(67)84)30-36(2)3)80-57(86)47(24-19-28-71-64(68)69)74-56(85)45(22-15-17-26-65)75-60(89)50(32-38(6)7)78-59(88)49(31-37(4)5)73-52(83)35-70-29-25-42-34-72-44-21-14-13-20-43(42)44/h13-14,20-21,34,36-41,45-51,53-54,70,72,82H,12,15-19,22-33,35,65-66H2,1-11H3,(H2,67,84)(H,73,83)(H,74,85)(H,75,89)(H,76,91)(H,77,90)(H,78,88)(H,79,92)(H,80,86)(H,81,87)(H4,68,69,71)/t40-,41+,45-,46-,47-,48-,49-,50-,51-,53-,54-/m0/s1. The summed E-state index contributed by atoms with van der Waals surface area (Å²) < 4.78 is 0. The molecule has 0 aliphatic carbocycles. The van der Waals surface area contributed by atoms with Crippen LogP contribution in [0.1, 0.15) is 165 Å². The number of primary amides is 1. The number of unbranched alkanes of at least 4 members (excludes halogenated alkanes) is 2. The lowest BCUT2D eigenvalue weighted by Gasteiger charge is -2.30. The molecule has 0 bridgehead atoms. The molecule has 2 aromatic rings. The van der Waals surface area contributed by atoms with Crippen molar-refractivity contribution < 1.29 is 53.1 Å². The summed E-state index contributed by atoms with van der Waals surface area (Å²) in [6.07, 6.45) is 4.02. The number of aromatic nitrogens is 1. The first-order chi connectivity index (χ1) is 43.4. The fourth-order valence-electron chi connectivity index (χ4n) is 10.4. The number of aliphatic imine (C=N–C) groups is 1. The molecule has 2 rings (SSSR count). The molecule has 0 saturated heterocycles. The van der Waals surface area contributed by atoms with E-state index < -0.39 is 125 Å². The summed E-state index contributed by atoms with van der Waals surface area (Å²) in [5.41, 5.74) is 30.6. The van der Waals surface area contributed by atoms with Crippen molar-refractivity contribution in [1.29, 1.82) is 0 Å². The Morgan fingerprint density at radius 3 is 1.37 bits per heavy atom. The minimum absolute atomic E-state index is 0.00814. The third-order valence-electron chi connectivity index (χ3n) is 15.5. The number of nitrogens with two attached hydrogens (primary N) is 5. The summed E-state index contributed by atoms with van der Waals surface area (Å²) in [7, 11) is 0. The third-order valence-corrected chi connectivity index (χ3v) is 15.5. The number of hydrogen-bond acceptors (Lipinski definition) is 15. The lowest BCUT2D eigenvalue weighted by atomic mass is 9.96. The molecule has 0 aliphatic rings. The minimum Gasteiger partial charge on any atom is -0.391 e. The number of carbonyl (C=O) groups is 10. The zero-order valence-electron chi connectivity index (χ0n) is 56.3. The number of guanidine groups is 1. The van der Waals surface area contributed by atoms with Crippen LogP contribution < -0.4 is 81.8 Å². The van der Waals surface area contributed by atoms with E-state index in [-0.39, 0.29) is 107 Å². The summed E-state index contributed by atoms with van der Waals surface area (Å²) in [5.74, 6) is -8.37. The molecule has 0 spiro atoms. The Balaban J connectivity index is 2.43. The van der Waals surface area contributed by atoms with Gasteiger partial charge in [-0.25, -0.2) is 0 Å². The molecule has 1 aromatic carbocycles. The number of para-hydroxylation sites is 1. The summed E-state index contributed by atoms with van der Waals surface area (Å²) in [4.78, 5) is 147. The first-order valence-corrected chi connectivity index (χ1v) is 32.8. The molecule has 11 atom stereocenters. The van der Waals surface area contributed by atoms with E-state index in [1.54, 1.807) is 13.8 Å². The van der Waals surface area contributed by atoms with Crippen LogP contribution in [0.15, 0.2) is 35.5 Å². The predicted molar refractivity (Wildman–Crippen MR) is 356 cm³/mol. The smallest absolute Gasteiger partial charge is 0.245 e. The van der Waals surface area contributed by atoms with E-state index >= 15 is 0 Å². The van der Waals surface area contributed by atoms with Gasteiger partial charge < -0.3 is 91.9 Å². The number of hydrogen-bond donors (Lipinski definition) is 17. The van der Waals surface area contributed by atoms with Crippen molar-refractivity contribution in [1.82, 2.24) is 58.2 Å². The maximum Gasteiger partial charge on any atom is 0.245 e. The third kappa shape index (κ3) is 30.3. The summed E-state index contributed by atoms with van der Waals surface area (Å²) in [5, 5.41) is 39.7. The summed E-state index contributed by atoms with van der Waals surface area (Å²) in [6.45, 7) is 20.6. The number of fused-ring (bicyclic) bond motifs is 1. The van der Waals surface area contributed by atoms with Crippen LogP contribution in [0.5, 0.6) is 0 Å². The van der Waals surface area contributed by atoms with Gasteiger partial charge in [0.1, 0.15) is 54.4 Å². The van der Waals surface area contributed by atoms with E-state index in [0.717, 1.165) is 16.5 Å². The second-order valence-electron chi connectivity index (χ2n) is 25.8. The number of aliphatic hydroxyl groups excluding tert-OH is 1. The minimum atomic E-state index is -1.64. The monoisotopic (exact) mass is 1300 g/mol. The number of benzene rings is 1. The van der Waals surface area contributed by atoms with Gasteiger partial charge in [0, 0.05) is 23.6 Å². The Bertz CT molecular complexity index is 2680. The van der Waals surface area contributed by atoms with Crippen molar-refractivity contribution in [3.8, 4) is 0 Å². The molecule has 22 N–H and O–H groups in total. The van der Waals surface area contributed by atoms with Gasteiger partial charge in [0.05, 0.1) is 12.6 Å². The van der Waals surface area contributed by atoms with Gasteiger partial charge in [0.15, 0.2) is 5.96 Å². The number of aromatic amines is 1. The number of carbonyl (C=O) groups excluding carboxylic acids is 10. The van der Waals surface area contributed by atoms with Crippen LogP contribution in [0.4, 0.5) is 0 Å². The zero-order chi connectivity index (χ0) is 69.2. The summed E-state index contributed by atoms with van der Waals surface area (Å²) in [6, 6.07) is -3.37. The van der Waals surface area contributed by atoms with E-state index in [0.29, 0.717) is 45.1 Å². The van der Waals surface area contributed by atoms with Gasteiger partial charge >= 0.3 is 0 Å². The molecule has 0 radical (unpaired) electrons. The molecule has 1 heterocycles. The van der Waals surface area contributed by atoms with Crippen LogP contribution in [0.2, 0.25) is 0 Å². The van der Waals surface area contributed by atoms with Crippen LogP contribution in [-0.2, 0) is 54.4 Å². The average molecular weight is 1300 g/mol. The van der Waals surface area contributed by atoms with Crippen LogP contribution in [0, 0.1) is 29.6 Å². The number of amides is 10. The predicted octanol–water partition coefficient (Wildman–Crippen LogP) is 0.0714. The van der Waals surface area contributed by atoms with Crippen LogP contribution in [-0.4, -0.2) is 168 Å². The maximum absolute atomic E-state index is 14.7. The molecule has 520 valence electrons. The van der Waals surface area contributed by atoms with Crippen molar-refractivity contribution >= 4 is 75.9 Å². The molecule has 28 heteroatoms. The van der Waals surface area contributed by atoms with Crippen LogP contribution >= 0.6 is 0 Å². The van der Waals surface area contributed by atoms with Crippen molar-refractivity contribution in [2.45, 2.75) is 227 Å². The second-order valence-corrected chi connectivity index (χ2v) is 25.8. The number of nitrogens with zero attached hydrogens (tertiary/aromatic N) is 1. The van der Waals surface area contributed by atoms with Crippen molar-refractivity contribution in [3.05, 3.63) is 36.0 Å². The van der Waals surface area contributed by atoms with Gasteiger partial charge in [0.2, 0.25) is 59.1 Å². The van der Waals surface area contributed by atoms with E-state index in [9.17, 15) is 53.1 Å². The largest absolute Gasteiger partial charge is 0.391 e. The fourth-order valence-corrected chi connectivity index (χ4v) is 10.4. The fraction of sp³-hybridized carbons (Fsp3) is 0.703. The molecule has 0 aliphatic heterocycles. The number of rotatable bonds is 46. The van der Waals surface area contributed by atoms with Gasteiger partial charge in [-0.3, -0.25) is 52.9 Å². The molecular weight excluding hydrogens is 1180 g/mol. The van der Waals surface area contributed by atoms with E-state index in [2.05, 4.69) is 63.1 Å². The quantitative estimate of drug-likeness (QED) is 0.0237. The van der Waals surface area contributed by atoms with E-state index in [1.165, 1.54) is 6.92 Å². The molecule has 0 unspecified atom stereocenters. The zero-order valence-corrected chi connectivity index (χ0v) is 56.3. The highest BCUT2D eigenvalue weighted by atomic mass is 16.3. The molecule has 10 amide bonds. The van der Waals surface area contributed by atoms with Gasteiger partial charge in [-0.15, -0.1) is 0 Å².